The van der Waals surface area contributed by atoms with E-state index in [4.69, 9.17) is 14.5 Å². The lowest BCUT2D eigenvalue weighted by molar-refractivity contribution is -0.158. The van der Waals surface area contributed by atoms with Gasteiger partial charge in [-0.05, 0) is 39.3 Å². The molecule has 0 amide bonds. The molecule has 2 aromatic heterocycles. The van der Waals surface area contributed by atoms with Gasteiger partial charge in [-0.25, -0.2) is 18.4 Å². The van der Waals surface area contributed by atoms with Crippen LogP contribution in [0.3, 0.4) is 0 Å². The van der Waals surface area contributed by atoms with Gasteiger partial charge in [0.25, 0.3) is 0 Å². The third-order valence-electron chi connectivity index (χ3n) is 6.01. The molecule has 1 aliphatic carbocycles. The fraction of sp³-hybridized carbons (Fsp3) is 0.500. The lowest BCUT2D eigenvalue weighted by Crippen LogP contribution is -2.35. The Bertz CT molecular complexity index is 1310. The van der Waals surface area contributed by atoms with Crippen molar-refractivity contribution >= 4 is 43.3 Å². The predicted octanol–water partition coefficient (Wildman–Crippen LogP) is 2.75. The van der Waals surface area contributed by atoms with Crippen LogP contribution in [0.25, 0.3) is 20.8 Å². The average Bonchev–Trinajstić information content (AvgIpc) is 3.37. The van der Waals surface area contributed by atoms with E-state index in [0.29, 0.717) is 23.5 Å². The van der Waals surface area contributed by atoms with Crippen LogP contribution in [0.5, 0.6) is 0 Å². The molecule has 2 aliphatic rings. The highest BCUT2D eigenvalue weighted by Gasteiger charge is 2.54. The number of nitrogens with zero attached hydrogens (tertiary/aromatic N) is 3. The maximum Gasteiger partial charge on any atom is 0.238 e. The summed E-state index contributed by atoms with van der Waals surface area (Å²) < 4.78 is 39.3. The molecule has 34 heavy (non-hydrogen) atoms. The Hall–Kier alpha value is -2.38. The Morgan fingerprint density at radius 3 is 2.62 bits per heavy atom. The second-order valence-electron chi connectivity index (χ2n) is 9.21. The van der Waals surface area contributed by atoms with E-state index < -0.39 is 15.8 Å². The van der Waals surface area contributed by atoms with Crippen molar-refractivity contribution in [3.63, 3.8) is 0 Å². The van der Waals surface area contributed by atoms with Gasteiger partial charge in [-0.1, -0.05) is 12.1 Å². The van der Waals surface area contributed by atoms with E-state index in [2.05, 4.69) is 20.0 Å². The Morgan fingerprint density at radius 1 is 1.18 bits per heavy atom. The van der Waals surface area contributed by atoms with Gasteiger partial charge in [-0.15, -0.1) is 11.3 Å². The number of ether oxygens (including phenoxy) is 2. The normalized spacial score (nSPS) is 26.0. The van der Waals surface area contributed by atoms with Gasteiger partial charge in [0.05, 0.1) is 39.9 Å². The number of aliphatic hydroxyl groups excluding tert-OH is 1. The number of aryl methyl sites for hydroxylation is 1. The molecular weight excluding hydrogens is 478 g/mol. The molecule has 12 heteroatoms. The first-order chi connectivity index (χ1) is 16.0. The van der Waals surface area contributed by atoms with Crippen molar-refractivity contribution in [2.75, 3.05) is 22.9 Å². The fourth-order valence-corrected chi connectivity index (χ4v) is 6.19. The summed E-state index contributed by atoms with van der Waals surface area (Å²) in [5.74, 6) is -0.423. The van der Waals surface area contributed by atoms with Gasteiger partial charge >= 0.3 is 0 Å². The van der Waals surface area contributed by atoms with Crippen LogP contribution in [0.15, 0.2) is 24.3 Å². The number of benzene rings is 1. The molecule has 5 rings (SSSR count). The largest absolute Gasteiger partial charge is 0.396 e. The topological polar surface area (TPSA) is 136 Å². The van der Waals surface area contributed by atoms with Crippen LogP contribution >= 0.6 is 11.3 Å². The number of aliphatic hydroxyl groups is 1. The van der Waals surface area contributed by atoms with E-state index in [9.17, 15) is 13.5 Å². The van der Waals surface area contributed by atoms with Crippen molar-refractivity contribution < 1.29 is 23.0 Å². The van der Waals surface area contributed by atoms with Gasteiger partial charge in [0.15, 0.2) is 5.79 Å². The summed E-state index contributed by atoms with van der Waals surface area (Å²) in [6.45, 7) is 5.49. The van der Waals surface area contributed by atoms with Gasteiger partial charge < -0.3 is 19.9 Å². The maximum absolute atomic E-state index is 11.9. The highest BCUT2D eigenvalue weighted by atomic mass is 32.2. The summed E-state index contributed by atoms with van der Waals surface area (Å²) in [4.78, 5) is 13.7. The number of sulfonamides is 1. The lowest BCUT2D eigenvalue weighted by atomic mass is 10.1. The molecule has 3 aromatic rings. The number of fused-ring (bicyclic) bond motifs is 2. The zero-order valence-electron chi connectivity index (χ0n) is 19.3. The molecule has 0 unspecified atom stereocenters. The number of thiazole rings is 1. The van der Waals surface area contributed by atoms with Crippen molar-refractivity contribution in [2.45, 2.75) is 51.2 Å². The van der Waals surface area contributed by atoms with Gasteiger partial charge in [0.2, 0.25) is 16.0 Å². The fourth-order valence-electron chi connectivity index (χ4n) is 4.71. The van der Waals surface area contributed by atoms with Gasteiger partial charge in [-0.2, -0.15) is 4.98 Å². The van der Waals surface area contributed by atoms with Crippen LogP contribution in [0.2, 0.25) is 0 Å². The second kappa shape index (κ2) is 8.38. The standard InChI is InChI=1S/C22H27N5O5S2/c1-11-16(20-25-13-7-5-6-8-15(13)33-20)19(26-21(23-11)27-34(4,29)30)24-14-9-12(10-28)17-18(14)32-22(2,3)31-17/h5-8,12,14,17-18,28H,9-10H2,1-4H3,(H2,23,24,26,27)/t12-,14-,17-,18+/m1/s1. The Balaban J connectivity index is 1.58. The minimum Gasteiger partial charge on any atom is -0.396 e. The van der Waals surface area contributed by atoms with Crippen LogP contribution in [-0.4, -0.2) is 65.4 Å². The summed E-state index contributed by atoms with van der Waals surface area (Å²) in [6.07, 6.45) is 1.12. The van der Waals surface area contributed by atoms with Crippen molar-refractivity contribution in [1.29, 1.82) is 0 Å². The van der Waals surface area contributed by atoms with Crippen LogP contribution in [0.1, 0.15) is 26.0 Å². The number of anilines is 2. The lowest BCUT2D eigenvalue weighted by Gasteiger charge is -2.25. The number of aromatic nitrogens is 3. The van der Waals surface area contributed by atoms with Crippen LogP contribution < -0.4 is 10.0 Å². The van der Waals surface area contributed by atoms with Crippen molar-refractivity contribution in [2.24, 2.45) is 5.92 Å². The third-order valence-corrected chi connectivity index (χ3v) is 7.62. The molecule has 0 radical (unpaired) electrons. The maximum atomic E-state index is 11.9. The first kappa shape index (κ1) is 23.4. The van der Waals surface area contributed by atoms with E-state index in [1.54, 1.807) is 6.92 Å². The average molecular weight is 506 g/mol. The van der Waals surface area contributed by atoms with Crippen LogP contribution in [-0.2, 0) is 19.5 Å². The molecule has 4 atom stereocenters. The van der Waals surface area contributed by atoms with Crippen LogP contribution in [0, 0.1) is 12.8 Å². The Labute approximate surface area is 201 Å². The van der Waals surface area contributed by atoms with E-state index in [-0.39, 0.29) is 36.7 Å². The summed E-state index contributed by atoms with van der Waals surface area (Å²) >= 11 is 1.51. The van der Waals surface area contributed by atoms with Crippen LogP contribution in [0.4, 0.5) is 11.8 Å². The number of nitrogens with one attached hydrogen (secondary N) is 2. The summed E-state index contributed by atoms with van der Waals surface area (Å²) in [5, 5.41) is 14.1. The number of rotatable bonds is 6. The number of para-hydroxylation sites is 1. The van der Waals surface area contributed by atoms with Gasteiger partial charge in [-0.3, -0.25) is 4.72 Å². The third kappa shape index (κ3) is 4.48. The monoisotopic (exact) mass is 505 g/mol. The molecule has 2 fully saturated rings. The number of hydrogen-bond acceptors (Lipinski definition) is 10. The SMILES string of the molecule is Cc1nc(NS(C)(=O)=O)nc(N[C@@H]2C[C@H](CO)[C@H]3OC(C)(C)O[C@H]32)c1-c1nc2ccccc2s1. The summed E-state index contributed by atoms with van der Waals surface area (Å²) in [6, 6.07) is 7.62. The molecular formula is C22H27N5O5S2. The van der Waals surface area contributed by atoms with E-state index in [1.807, 2.05) is 38.1 Å². The molecule has 182 valence electrons. The smallest absolute Gasteiger partial charge is 0.238 e. The summed E-state index contributed by atoms with van der Waals surface area (Å²) in [5.41, 5.74) is 2.14. The Morgan fingerprint density at radius 2 is 1.91 bits per heavy atom. The first-order valence-corrected chi connectivity index (χ1v) is 13.7. The number of hydrogen-bond donors (Lipinski definition) is 3. The highest BCUT2D eigenvalue weighted by Crippen LogP contribution is 2.44. The van der Waals surface area contributed by atoms with Gasteiger partial charge in [0, 0.05) is 12.5 Å². The molecule has 1 aromatic carbocycles. The molecule has 3 heterocycles. The van der Waals surface area contributed by atoms with E-state index >= 15 is 0 Å². The molecule has 3 N–H and O–H groups in total. The summed E-state index contributed by atoms with van der Waals surface area (Å²) in [7, 11) is -3.57. The highest BCUT2D eigenvalue weighted by molar-refractivity contribution is 7.92. The molecule has 1 saturated carbocycles. The zero-order valence-corrected chi connectivity index (χ0v) is 20.9. The van der Waals surface area contributed by atoms with Crippen molar-refractivity contribution in [3.05, 3.63) is 30.0 Å². The molecule has 1 saturated heterocycles. The minimum atomic E-state index is -3.57. The molecule has 1 aliphatic heterocycles. The second-order valence-corrected chi connectivity index (χ2v) is 12.0. The van der Waals surface area contributed by atoms with E-state index in [1.165, 1.54) is 11.3 Å². The first-order valence-electron chi connectivity index (χ1n) is 11.0. The van der Waals surface area contributed by atoms with Crippen molar-refractivity contribution in [1.82, 2.24) is 15.0 Å². The zero-order chi connectivity index (χ0) is 24.3. The van der Waals surface area contributed by atoms with Gasteiger partial charge in [0.1, 0.15) is 16.9 Å². The van der Waals surface area contributed by atoms with Crippen molar-refractivity contribution in [3.8, 4) is 10.6 Å². The minimum absolute atomic E-state index is 0.0206. The quantitative estimate of drug-likeness (QED) is 0.462. The molecule has 10 nitrogen and oxygen atoms in total. The predicted molar refractivity (Wildman–Crippen MR) is 130 cm³/mol. The molecule has 0 bridgehead atoms. The Kier molecular flexibility index (Phi) is 5.76. The van der Waals surface area contributed by atoms with E-state index in [0.717, 1.165) is 21.5 Å². The molecule has 0 spiro atoms.